The lowest BCUT2D eigenvalue weighted by Gasteiger charge is -2.38. The molecule has 2 saturated heterocycles. The van der Waals surface area contributed by atoms with Crippen LogP contribution in [0.5, 0.6) is 0 Å². The number of nitrogens with one attached hydrogen (secondary N) is 1. The molecule has 3 aromatic carbocycles. The van der Waals surface area contributed by atoms with E-state index in [-0.39, 0.29) is 23.3 Å². The Morgan fingerprint density at radius 3 is 2.15 bits per heavy atom. The predicted molar refractivity (Wildman–Crippen MR) is 154 cm³/mol. The first-order valence-corrected chi connectivity index (χ1v) is 14.0. The Bertz CT molecular complexity index is 1370. The van der Waals surface area contributed by atoms with E-state index in [4.69, 9.17) is 0 Å². The largest absolute Gasteiger partial charge is 0.367 e. The van der Waals surface area contributed by atoms with Crippen molar-refractivity contribution in [2.45, 2.75) is 32.1 Å². The number of anilines is 2. The zero-order valence-electron chi connectivity index (χ0n) is 22.8. The molecule has 40 heavy (non-hydrogen) atoms. The molecule has 2 aliphatic heterocycles. The first-order valence-electron chi connectivity index (χ1n) is 14.0. The van der Waals surface area contributed by atoms with Gasteiger partial charge in [-0.25, -0.2) is 4.39 Å². The minimum absolute atomic E-state index is 0.0549. The highest BCUT2D eigenvalue weighted by Crippen LogP contribution is 2.30. The van der Waals surface area contributed by atoms with E-state index in [1.54, 1.807) is 18.2 Å². The van der Waals surface area contributed by atoms with Crippen LogP contribution in [0.1, 0.15) is 58.4 Å². The van der Waals surface area contributed by atoms with Gasteiger partial charge in [-0.3, -0.25) is 14.4 Å². The highest BCUT2D eigenvalue weighted by molar-refractivity contribution is 6.06. The molecule has 0 aromatic heterocycles. The van der Waals surface area contributed by atoms with Crippen molar-refractivity contribution < 1.29 is 18.8 Å². The van der Waals surface area contributed by atoms with Crippen LogP contribution < -0.4 is 10.2 Å². The standard InChI is InChI=1S/C32H35FN4O3/c1-2-25(23-10-4-3-5-11-23)31(39)37-20-18-35(19-21-37)29-15-14-24(22-27(29)32(40)36-16-8-9-17-36)34-30(38)26-12-6-7-13-28(26)33/h3-7,10-15,22,25H,2,8-9,16-21H2,1H3,(H,34,38)/t25-/m1/s1. The molecule has 3 amide bonds. The zero-order valence-corrected chi connectivity index (χ0v) is 22.8. The number of nitrogens with zero attached hydrogens (tertiary/aromatic N) is 3. The van der Waals surface area contributed by atoms with Gasteiger partial charge in [0.1, 0.15) is 5.82 Å². The fourth-order valence-corrected chi connectivity index (χ4v) is 5.62. The molecule has 0 radical (unpaired) electrons. The number of hydrogen-bond donors (Lipinski definition) is 1. The third-order valence-electron chi connectivity index (χ3n) is 7.84. The molecule has 0 spiro atoms. The average molecular weight is 543 g/mol. The van der Waals surface area contributed by atoms with Crippen LogP contribution in [0.15, 0.2) is 72.8 Å². The molecular weight excluding hydrogens is 507 g/mol. The van der Waals surface area contributed by atoms with Gasteiger partial charge in [0.25, 0.3) is 11.8 Å². The van der Waals surface area contributed by atoms with Gasteiger partial charge in [0.15, 0.2) is 0 Å². The van der Waals surface area contributed by atoms with Gasteiger partial charge in [0.2, 0.25) is 5.91 Å². The maximum atomic E-state index is 14.2. The Morgan fingerprint density at radius 1 is 0.800 bits per heavy atom. The SMILES string of the molecule is CC[C@@H](C(=O)N1CCN(c2ccc(NC(=O)c3ccccc3F)cc2C(=O)N2CCCC2)CC1)c1ccccc1. The number of carbonyl (C=O) groups excluding carboxylic acids is 3. The summed E-state index contributed by atoms with van der Waals surface area (Å²) in [5.74, 6) is -1.29. The number of benzene rings is 3. The maximum absolute atomic E-state index is 14.2. The molecule has 2 aliphatic rings. The van der Waals surface area contributed by atoms with Gasteiger partial charge in [-0.15, -0.1) is 0 Å². The minimum Gasteiger partial charge on any atom is -0.367 e. The molecule has 208 valence electrons. The summed E-state index contributed by atoms with van der Waals surface area (Å²) in [5, 5.41) is 2.75. The number of amides is 3. The van der Waals surface area contributed by atoms with E-state index in [1.165, 1.54) is 18.2 Å². The molecule has 0 bridgehead atoms. The van der Waals surface area contributed by atoms with Crippen molar-refractivity contribution in [2.24, 2.45) is 0 Å². The van der Waals surface area contributed by atoms with Crippen LogP contribution in [0.3, 0.4) is 0 Å². The van der Waals surface area contributed by atoms with Crippen LogP contribution in [-0.2, 0) is 4.79 Å². The molecule has 1 atom stereocenters. The topological polar surface area (TPSA) is 73.0 Å². The fraction of sp³-hybridized carbons (Fsp3) is 0.344. The van der Waals surface area contributed by atoms with E-state index in [2.05, 4.69) is 10.2 Å². The first kappa shape index (κ1) is 27.4. The second kappa shape index (κ2) is 12.3. The number of likely N-dealkylation sites (tertiary alicyclic amines) is 1. The number of hydrogen-bond acceptors (Lipinski definition) is 4. The molecule has 5 rings (SSSR count). The van der Waals surface area contributed by atoms with Crippen molar-refractivity contribution in [3.05, 3.63) is 95.3 Å². The third kappa shape index (κ3) is 5.86. The minimum atomic E-state index is -0.602. The molecule has 3 aromatic rings. The molecule has 0 aliphatic carbocycles. The van der Waals surface area contributed by atoms with Crippen molar-refractivity contribution in [1.82, 2.24) is 9.80 Å². The summed E-state index contributed by atoms with van der Waals surface area (Å²) in [6.07, 6.45) is 2.66. The Labute approximate surface area is 234 Å². The quantitative estimate of drug-likeness (QED) is 0.448. The average Bonchev–Trinajstić information content (AvgIpc) is 3.53. The van der Waals surface area contributed by atoms with Gasteiger partial charge in [0, 0.05) is 50.6 Å². The van der Waals surface area contributed by atoms with Gasteiger partial charge in [-0.2, -0.15) is 0 Å². The van der Waals surface area contributed by atoms with Gasteiger partial charge < -0.3 is 20.0 Å². The molecule has 0 unspecified atom stereocenters. The molecule has 8 heteroatoms. The van der Waals surface area contributed by atoms with Crippen molar-refractivity contribution in [3.63, 3.8) is 0 Å². The third-order valence-corrected chi connectivity index (χ3v) is 7.84. The van der Waals surface area contributed by atoms with Crippen molar-refractivity contribution in [2.75, 3.05) is 49.5 Å². The molecule has 2 fully saturated rings. The fourth-order valence-electron chi connectivity index (χ4n) is 5.62. The molecule has 2 heterocycles. The highest BCUT2D eigenvalue weighted by atomic mass is 19.1. The Kier molecular flexibility index (Phi) is 8.43. The van der Waals surface area contributed by atoms with Crippen molar-refractivity contribution in [3.8, 4) is 0 Å². The zero-order chi connectivity index (χ0) is 28.1. The lowest BCUT2D eigenvalue weighted by atomic mass is 9.94. The summed E-state index contributed by atoms with van der Waals surface area (Å²) >= 11 is 0. The Morgan fingerprint density at radius 2 is 1.48 bits per heavy atom. The smallest absolute Gasteiger partial charge is 0.258 e. The summed E-state index contributed by atoms with van der Waals surface area (Å²) in [6, 6.07) is 21.0. The normalized spacial score (nSPS) is 16.1. The van der Waals surface area contributed by atoms with Crippen molar-refractivity contribution >= 4 is 29.1 Å². The summed E-state index contributed by atoms with van der Waals surface area (Å²) in [5.41, 5.74) is 2.69. The first-order chi connectivity index (χ1) is 19.5. The molecule has 1 N–H and O–H groups in total. The van der Waals surface area contributed by atoms with Crippen molar-refractivity contribution in [1.29, 1.82) is 0 Å². The Balaban J connectivity index is 1.34. The lowest BCUT2D eigenvalue weighted by Crippen LogP contribution is -2.50. The number of rotatable bonds is 7. The van der Waals surface area contributed by atoms with Crippen LogP contribution in [0.2, 0.25) is 0 Å². The maximum Gasteiger partial charge on any atom is 0.258 e. The second-order valence-corrected chi connectivity index (χ2v) is 10.3. The van der Waals surface area contributed by atoms with Crippen LogP contribution in [-0.4, -0.2) is 66.8 Å². The number of halogens is 1. The lowest BCUT2D eigenvalue weighted by molar-refractivity contribution is -0.133. The van der Waals surface area contributed by atoms with E-state index < -0.39 is 11.7 Å². The van der Waals surface area contributed by atoms with E-state index in [0.29, 0.717) is 50.5 Å². The van der Waals surface area contributed by atoms with E-state index in [0.717, 1.165) is 30.5 Å². The van der Waals surface area contributed by atoms with E-state index in [1.807, 2.05) is 53.1 Å². The summed E-state index contributed by atoms with van der Waals surface area (Å²) in [6.45, 7) is 5.75. The predicted octanol–water partition coefficient (Wildman–Crippen LogP) is 5.16. The van der Waals surface area contributed by atoms with Gasteiger partial charge in [0.05, 0.1) is 17.0 Å². The highest BCUT2D eigenvalue weighted by Gasteiger charge is 2.30. The summed E-state index contributed by atoms with van der Waals surface area (Å²) in [4.78, 5) is 45.6. The monoisotopic (exact) mass is 542 g/mol. The molecule has 7 nitrogen and oxygen atoms in total. The summed E-state index contributed by atoms with van der Waals surface area (Å²) in [7, 11) is 0. The van der Waals surface area contributed by atoms with Gasteiger partial charge >= 0.3 is 0 Å². The number of piperazine rings is 1. The Hall–Kier alpha value is -4.20. The van der Waals surface area contributed by atoms with Crippen LogP contribution in [0.4, 0.5) is 15.8 Å². The van der Waals surface area contributed by atoms with Crippen LogP contribution in [0.25, 0.3) is 0 Å². The van der Waals surface area contributed by atoms with E-state index >= 15 is 0 Å². The molecule has 0 saturated carbocycles. The molecular formula is C32H35FN4O3. The van der Waals surface area contributed by atoms with Gasteiger partial charge in [-0.05, 0) is 55.2 Å². The van der Waals surface area contributed by atoms with Gasteiger partial charge in [-0.1, -0.05) is 49.4 Å². The number of carbonyl (C=O) groups is 3. The van der Waals surface area contributed by atoms with Crippen LogP contribution in [0, 0.1) is 5.82 Å². The van der Waals surface area contributed by atoms with E-state index in [9.17, 15) is 18.8 Å². The summed E-state index contributed by atoms with van der Waals surface area (Å²) < 4.78 is 14.2. The second-order valence-electron chi connectivity index (χ2n) is 10.3. The van der Waals surface area contributed by atoms with Crippen LogP contribution >= 0.6 is 0 Å².